The molecule has 1 aliphatic rings. The summed E-state index contributed by atoms with van der Waals surface area (Å²) >= 11 is 0. The largest absolute Gasteiger partial charge is 0.355 e. The molecule has 0 atom stereocenters. The summed E-state index contributed by atoms with van der Waals surface area (Å²) in [4.78, 5) is 10.2. The van der Waals surface area contributed by atoms with Gasteiger partial charge in [0, 0.05) is 26.3 Å². The van der Waals surface area contributed by atoms with Crippen molar-refractivity contribution in [3.8, 4) is 0 Å². The molecule has 2 aromatic heterocycles. The van der Waals surface area contributed by atoms with Crippen LogP contribution in [0, 0.1) is 5.92 Å². The van der Waals surface area contributed by atoms with E-state index in [1.165, 1.54) is 6.33 Å². The molecule has 3 heterocycles. The Morgan fingerprint density at radius 1 is 1.35 bits per heavy atom. The van der Waals surface area contributed by atoms with Crippen molar-refractivity contribution in [1.82, 2.24) is 14.5 Å². The summed E-state index contributed by atoms with van der Waals surface area (Å²) < 4.78 is 26.7. The maximum Gasteiger partial charge on any atom is 0.244 e. The van der Waals surface area contributed by atoms with Crippen LogP contribution in [0.5, 0.6) is 0 Å². The molecule has 90 valence electrons. The molecular weight excluding hydrogens is 226 g/mol. The number of fused-ring (bicyclic) bond motifs is 1. The van der Waals surface area contributed by atoms with Crippen LogP contribution in [0.1, 0.15) is 0 Å². The Kier molecular flexibility index (Phi) is 2.24. The topological polar surface area (TPSA) is 34.0 Å². The highest BCUT2D eigenvalue weighted by Gasteiger charge is 2.35. The summed E-state index contributed by atoms with van der Waals surface area (Å²) in [7, 11) is 1.90. The molecule has 0 radical (unpaired) electrons. The molecule has 0 aliphatic carbocycles. The van der Waals surface area contributed by atoms with Gasteiger partial charge in [-0.25, -0.2) is 18.7 Å². The van der Waals surface area contributed by atoms with Crippen LogP contribution in [0.25, 0.3) is 11.0 Å². The van der Waals surface area contributed by atoms with Crippen molar-refractivity contribution in [2.75, 3.05) is 18.0 Å². The number of aryl methyl sites for hydroxylation is 1. The lowest BCUT2D eigenvalue weighted by molar-refractivity contribution is 0.0612. The van der Waals surface area contributed by atoms with E-state index in [9.17, 15) is 8.78 Å². The van der Waals surface area contributed by atoms with E-state index in [2.05, 4.69) is 9.97 Å². The second kappa shape index (κ2) is 3.65. The van der Waals surface area contributed by atoms with Crippen LogP contribution in [0.4, 0.5) is 14.6 Å². The maximum atomic E-state index is 12.4. The highest BCUT2D eigenvalue weighted by Crippen LogP contribution is 2.31. The van der Waals surface area contributed by atoms with Gasteiger partial charge in [-0.15, -0.1) is 0 Å². The third-order valence-electron chi connectivity index (χ3n) is 3.21. The van der Waals surface area contributed by atoms with E-state index in [1.807, 2.05) is 28.8 Å². The van der Waals surface area contributed by atoms with Crippen molar-refractivity contribution in [3.05, 3.63) is 18.6 Å². The monoisotopic (exact) mass is 238 g/mol. The van der Waals surface area contributed by atoms with Crippen LogP contribution >= 0.6 is 0 Å². The summed E-state index contributed by atoms with van der Waals surface area (Å²) in [6.45, 7) is 0.747. The summed E-state index contributed by atoms with van der Waals surface area (Å²) in [6, 6.07) is 1.92. The molecule has 1 saturated heterocycles. The fraction of sp³-hybridized carbons (Fsp3) is 0.455. The van der Waals surface area contributed by atoms with E-state index in [0.29, 0.717) is 13.1 Å². The van der Waals surface area contributed by atoms with Gasteiger partial charge in [-0.05, 0) is 6.07 Å². The maximum absolute atomic E-state index is 12.4. The summed E-state index contributed by atoms with van der Waals surface area (Å²) in [5.41, 5.74) is 0.829. The number of halogens is 2. The van der Waals surface area contributed by atoms with E-state index >= 15 is 0 Å². The number of nitrogens with zero attached hydrogens (tertiary/aromatic N) is 4. The second-order valence-electron chi connectivity index (χ2n) is 4.36. The molecule has 0 spiro atoms. The van der Waals surface area contributed by atoms with Gasteiger partial charge in [0.2, 0.25) is 6.43 Å². The molecule has 0 aromatic carbocycles. The molecular formula is C11H12F2N4. The summed E-state index contributed by atoms with van der Waals surface area (Å²) in [6.07, 6.45) is 1.14. The van der Waals surface area contributed by atoms with Gasteiger partial charge in [0.1, 0.15) is 17.8 Å². The lowest BCUT2D eigenvalue weighted by atomic mass is 10.0. The van der Waals surface area contributed by atoms with Gasteiger partial charge in [-0.1, -0.05) is 0 Å². The van der Waals surface area contributed by atoms with Crippen LogP contribution < -0.4 is 4.90 Å². The molecule has 4 nitrogen and oxygen atoms in total. The van der Waals surface area contributed by atoms with E-state index < -0.39 is 12.3 Å². The third-order valence-corrected chi connectivity index (χ3v) is 3.21. The molecule has 0 bridgehead atoms. The second-order valence-corrected chi connectivity index (χ2v) is 4.36. The quantitative estimate of drug-likeness (QED) is 0.798. The van der Waals surface area contributed by atoms with Crippen molar-refractivity contribution < 1.29 is 8.78 Å². The van der Waals surface area contributed by atoms with Gasteiger partial charge in [-0.2, -0.15) is 0 Å². The molecule has 6 heteroatoms. The first-order chi connectivity index (χ1) is 8.16. The van der Waals surface area contributed by atoms with E-state index in [0.717, 1.165) is 16.9 Å². The van der Waals surface area contributed by atoms with Gasteiger partial charge >= 0.3 is 0 Å². The highest BCUT2D eigenvalue weighted by atomic mass is 19.3. The Labute approximate surface area is 96.9 Å². The van der Waals surface area contributed by atoms with Crippen molar-refractivity contribution in [2.24, 2.45) is 13.0 Å². The minimum atomic E-state index is -2.24. The van der Waals surface area contributed by atoms with E-state index in [-0.39, 0.29) is 0 Å². The Balaban J connectivity index is 1.92. The molecule has 0 N–H and O–H groups in total. The van der Waals surface area contributed by atoms with Crippen LogP contribution in [0.3, 0.4) is 0 Å². The van der Waals surface area contributed by atoms with E-state index in [4.69, 9.17) is 0 Å². The zero-order valence-corrected chi connectivity index (χ0v) is 9.35. The van der Waals surface area contributed by atoms with Gasteiger partial charge in [0.05, 0.1) is 11.3 Å². The average Bonchev–Trinajstić information content (AvgIpc) is 2.59. The number of hydrogen-bond acceptors (Lipinski definition) is 3. The standard InChI is InChI=1S/C11H12F2N4/c1-16-3-2-8-10(16)14-6-15-11(8)17-4-7(5-17)9(12)13/h2-3,6-7,9H,4-5H2,1H3. The van der Waals surface area contributed by atoms with Gasteiger partial charge in [-0.3, -0.25) is 0 Å². The molecule has 3 rings (SSSR count). The number of alkyl halides is 2. The predicted molar refractivity (Wildman–Crippen MR) is 60.2 cm³/mol. The molecule has 1 fully saturated rings. The van der Waals surface area contributed by atoms with Crippen molar-refractivity contribution in [1.29, 1.82) is 0 Å². The Hall–Kier alpha value is -1.72. The lowest BCUT2D eigenvalue weighted by Gasteiger charge is -2.39. The number of anilines is 1. The summed E-state index contributed by atoms with van der Waals surface area (Å²) in [5.74, 6) is 0.233. The minimum Gasteiger partial charge on any atom is -0.355 e. The first-order valence-electron chi connectivity index (χ1n) is 5.46. The molecule has 1 aliphatic heterocycles. The zero-order valence-electron chi connectivity index (χ0n) is 9.35. The van der Waals surface area contributed by atoms with Crippen molar-refractivity contribution >= 4 is 16.9 Å². The lowest BCUT2D eigenvalue weighted by Crippen LogP contribution is -2.50. The molecule has 17 heavy (non-hydrogen) atoms. The van der Waals surface area contributed by atoms with E-state index in [1.54, 1.807) is 0 Å². The van der Waals surface area contributed by atoms with Crippen LogP contribution in [-0.2, 0) is 7.05 Å². The van der Waals surface area contributed by atoms with Gasteiger partial charge in [0.25, 0.3) is 0 Å². The smallest absolute Gasteiger partial charge is 0.244 e. The van der Waals surface area contributed by atoms with Gasteiger partial charge < -0.3 is 9.47 Å². The van der Waals surface area contributed by atoms with Crippen LogP contribution in [0.15, 0.2) is 18.6 Å². The van der Waals surface area contributed by atoms with Crippen LogP contribution in [0.2, 0.25) is 0 Å². The Bertz CT molecular complexity index is 545. The fourth-order valence-corrected chi connectivity index (χ4v) is 2.16. The number of aromatic nitrogens is 3. The first kappa shape index (κ1) is 10.4. The Morgan fingerprint density at radius 2 is 2.12 bits per heavy atom. The summed E-state index contributed by atoms with van der Waals surface area (Å²) in [5, 5.41) is 0.919. The molecule has 0 saturated carbocycles. The molecule has 0 unspecified atom stereocenters. The van der Waals surface area contributed by atoms with Crippen LogP contribution in [-0.4, -0.2) is 34.1 Å². The minimum absolute atomic E-state index is 0.374. The zero-order chi connectivity index (χ0) is 12.0. The number of hydrogen-bond donors (Lipinski definition) is 0. The van der Waals surface area contributed by atoms with Gasteiger partial charge in [0.15, 0.2) is 0 Å². The molecule has 2 aromatic rings. The molecule has 0 amide bonds. The fourth-order valence-electron chi connectivity index (χ4n) is 2.16. The average molecular weight is 238 g/mol. The number of rotatable bonds is 2. The Morgan fingerprint density at radius 3 is 2.82 bits per heavy atom. The first-order valence-corrected chi connectivity index (χ1v) is 5.46. The highest BCUT2D eigenvalue weighted by molar-refractivity contribution is 5.88. The van der Waals surface area contributed by atoms with Crippen molar-refractivity contribution in [3.63, 3.8) is 0 Å². The normalized spacial score (nSPS) is 16.8. The van der Waals surface area contributed by atoms with Crippen molar-refractivity contribution in [2.45, 2.75) is 6.43 Å². The third kappa shape index (κ3) is 1.55. The SMILES string of the molecule is Cn1ccc2c(N3CC(C(F)F)C3)ncnc21. The predicted octanol–water partition coefficient (Wildman–Crippen LogP) is 1.67.